The van der Waals surface area contributed by atoms with Crippen LogP contribution in [0, 0.1) is 13.8 Å². The van der Waals surface area contributed by atoms with Gasteiger partial charge >= 0.3 is 12.1 Å². The number of hydrogen-bond acceptors (Lipinski definition) is 7. The van der Waals surface area contributed by atoms with Crippen LogP contribution in [0.3, 0.4) is 0 Å². The van der Waals surface area contributed by atoms with Gasteiger partial charge in [0.05, 0.1) is 0 Å². The second-order valence-corrected chi connectivity index (χ2v) is 15.4. The minimum atomic E-state index is -0.460. The van der Waals surface area contributed by atoms with Crippen LogP contribution in [0.2, 0.25) is 10.0 Å². The van der Waals surface area contributed by atoms with Crippen LogP contribution in [0.25, 0.3) is 0 Å². The molecule has 0 bridgehead atoms. The molecule has 0 fully saturated rings. The predicted molar refractivity (Wildman–Crippen MR) is 243 cm³/mol. The maximum Gasteiger partial charge on any atom is 0.324 e. The molecule has 16 nitrogen and oxygen atoms in total. The molecule has 5 aromatic rings. The van der Waals surface area contributed by atoms with E-state index in [2.05, 4.69) is 47.0 Å². The van der Waals surface area contributed by atoms with Gasteiger partial charge in [-0.1, -0.05) is 53.4 Å². The van der Waals surface area contributed by atoms with Gasteiger partial charge in [0.2, 0.25) is 11.6 Å². The molecule has 18 heteroatoms. The van der Waals surface area contributed by atoms with Crippen molar-refractivity contribution < 1.29 is 19.2 Å². The molecule has 6 amide bonds. The van der Waals surface area contributed by atoms with Gasteiger partial charge < -0.3 is 30.4 Å². The molecule has 0 aliphatic heterocycles. The van der Waals surface area contributed by atoms with E-state index in [1.807, 2.05) is 77.6 Å². The summed E-state index contributed by atoms with van der Waals surface area (Å²) in [5.41, 5.74) is 5.19. The van der Waals surface area contributed by atoms with Crippen molar-refractivity contribution in [2.24, 2.45) is 0 Å². The van der Waals surface area contributed by atoms with Crippen molar-refractivity contribution in [1.29, 1.82) is 0 Å². The van der Waals surface area contributed by atoms with Crippen LogP contribution in [0.15, 0.2) is 90.6 Å². The van der Waals surface area contributed by atoms with E-state index in [9.17, 15) is 19.2 Å². The van der Waals surface area contributed by atoms with E-state index in [0.717, 1.165) is 35.1 Å². The Morgan fingerprint density at radius 1 is 0.689 bits per heavy atom. The maximum absolute atomic E-state index is 12.8. The van der Waals surface area contributed by atoms with Crippen molar-refractivity contribution in [1.82, 2.24) is 39.5 Å². The Morgan fingerprint density at radius 2 is 1.16 bits per heavy atom. The van der Waals surface area contributed by atoms with Crippen molar-refractivity contribution in [2.75, 3.05) is 34.4 Å². The largest absolute Gasteiger partial charge is 0.349 e. The third kappa shape index (κ3) is 15.6. The van der Waals surface area contributed by atoms with Gasteiger partial charge in [-0.15, -0.1) is 0 Å². The summed E-state index contributed by atoms with van der Waals surface area (Å²) in [7, 11) is 0. The molecule has 0 atom stereocenters. The number of aryl methyl sites for hydroxylation is 3. The lowest BCUT2D eigenvalue weighted by atomic mass is 10.2. The summed E-state index contributed by atoms with van der Waals surface area (Å²) in [5, 5.41) is 21.9. The topological polar surface area (TPSA) is 194 Å². The predicted octanol–water partition coefficient (Wildman–Crippen LogP) is 9.07. The normalized spacial score (nSPS) is 10.4. The second-order valence-electron chi connectivity index (χ2n) is 14.5. The minimum absolute atomic E-state index is 0.226. The smallest absolute Gasteiger partial charge is 0.324 e. The molecule has 3 heterocycles. The average molecular weight is 874 g/mol. The van der Waals surface area contributed by atoms with E-state index < -0.39 is 12.1 Å². The third-order valence-electron chi connectivity index (χ3n) is 8.65. The molecular weight excluding hydrogens is 819 g/mol. The summed E-state index contributed by atoms with van der Waals surface area (Å²) >= 11 is 11.9. The molecular formula is C43H54Cl2N12O4. The van der Waals surface area contributed by atoms with Crippen molar-refractivity contribution in [3.05, 3.63) is 123 Å². The van der Waals surface area contributed by atoms with Crippen molar-refractivity contribution in [3.8, 4) is 0 Å². The van der Waals surface area contributed by atoms with Crippen LogP contribution in [-0.2, 0) is 19.6 Å². The molecule has 0 aliphatic carbocycles. The Bertz CT molecular complexity index is 2340. The fourth-order valence-corrected chi connectivity index (χ4v) is 5.96. The number of hydrogen-bond donors (Lipinski definition) is 6. The number of benzene rings is 2. The van der Waals surface area contributed by atoms with E-state index >= 15 is 0 Å². The zero-order valence-electron chi connectivity index (χ0n) is 35.5. The fourth-order valence-electron chi connectivity index (χ4n) is 5.50. The van der Waals surface area contributed by atoms with Gasteiger partial charge in [0.25, 0.3) is 11.8 Å². The van der Waals surface area contributed by atoms with E-state index in [0.29, 0.717) is 60.0 Å². The van der Waals surface area contributed by atoms with E-state index in [4.69, 9.17) is 23.2 Å². The molecule has 0 aliphatic rings. The SMILES string of the molecule is CC(C)=CCn1cc(NC(=O)Nc2ccc(Cl)cc2C)nc1C(=O)NCCCn1cccn1.CCCNC(=O)c1nc(NC(=O)Nc2ccc(Cl)cc2C)cn1CC=C(C)C. The van der Waals surface area contributed by atoms with Crippen molar-refractivity contribution in [3.63, 3.8) is 0 Å². The Balaban J connectivity index is 0.000000272. The lowest BCUT2D eigenvalue weighted by molar-refractivity contribution is 0.0931. The first kappa shape index (κ1) is 47.3. The number of halogens is 2. The molecule has 324 valence electrons. The summed E-state index contributed by atoms with van der Waals surface area (Å²) in [4.78, 5) is 58.6. The number of nitrogens with one attached hydrogen (secondary N) is 6. The summed E-state index contributed by atoms with van der Waals surface area (Å²) in [5.74, 6) is 0.481. The molecule has 5 rings (SSSR count). The monoisotopic (exact) mass is 872 g/mol. The van der Waals surface area contributed by atoms with Gasteiger partial charge in [-0.25, -0.2) is 19.6 Å². The Kier molecular flexibility index (Phi) is 18.2. The molecule has 0 spiro atoms. The molecule has 0 unspecified atom stereocenters. The molecule has 0 saturated heterocycles. The highest BCUT2D eigenvalue weighted by molar-refractivity contribution is 6.31. The number of aromatic nitrogens is 6. The highest BCUT2D eigenvalue weighted by atomic mass is 35.5. The molecule has 61 heavy (non-hydrogen) atoms. The van der Waals surface area contributed by atoms with Crippen molar-refractivity contribution in [2.45, 2.75) is 80.9 Å². The van der Waals surface area contributed by atoms with Crippen LogP contribution in [0.1, 0.15) is 79.8 Å². The van der Waals surface area contributed by atoms with Gasteiger partial charge in [-0.3, -0.25) is 24.9 Å². The fraction of sp³-hybridized carbons (Fsp3) is 0.326. The number of carbonyl (C=O) groups excluding carboxylic acids is 4. The zero-order chi connectivity index (χ0) is 44.5. The maximum atomic E-state index is 12.8. The Morgan fingerprint density at radius 3 is 1.57 bits per heavy atom. The molecule has 0 saturated carbocycles. The number of allylic oxidation sites excluding steroid dienone is 4. The highest BCUT2D eigenvalue weighted by Gasteiger charge is 2.18. The summed E-state index contributed by atoms with van der Waals surface area (Å²) in [6.45, 7) is 16.3. The number of carbonyl (C=O) groups is 4. The summed E-state index contributed by atoms with van der Waals surface area (Å²) in [6.07, 6.45) is 12.4. The first-order valence-electron chi connectivity index (χ1n) is 19.7. The second kappa shape index (κ2) is 23.4. The number of amides is 6. The zero-order valence-corrected chi connectivity index (χ0v) is 37.0. The first-order chi connectivity index (χ1) is 29.1. The van der Waals surface area contributed by atoms with E-state index in [1.165, 1.54) is 0 Å². The quantitative estimate of drug-likeness (QED) is 0.0420. The average Bonchev–Trinajstić information content (AvgIpc) is 3.97. The number of nitrogens with zero attached hydrogens (tertiary/aromatic N) is 6. The highest BCUT2D eigenvalue weighted by Crippen LogP contribution is 2.21. The Hall–Kier alpha value is -6.39. The lowest BCUT2D eigenvalue weighted by Gasteiger charge is -2.08. The van der Waals surface area contributed by atoms with Crippen molar-refractivity contribution >= 4 is 70.1 Å². The number of rotatable bonds is 16. The van der Waals surface area contributed by atoms with Crippen LogP contribution >= 0.6 is 23.2 Å². The Labute approximate surface area is 366 Å². The first-order valence-corrected chi connectivity index (χ1v) is 20.5. The van der Waals surface area contributed by atoms with Gasteiger partial charge in [0.15, 0.2) is 11.6 Å². The van der Waals surface area contributed by atoms with Crippen LogP contribution in [-0.4, -0.2) is 65.8 Å². The number of urea groups is 2. The molecule has 2 aromatic carbocycles. The van der Waals surface area contributed by atoms with Gasteiger partial charge in [0.1, 0.15) is 0 Å². The standard InChI is InChI=1S/C23H28ClN7O2.C20H26ClN5O2/c1-16(2)8-13-30-15-20(29-23(33)27-19-7-6-18(24)14-17(19)3)28-21(30)22(32)25-9-4-11-31-12-5-10-26-31;1-5-9-22-19(27)18-24-17(12-26(18)10-8-13(2)3)25-20(28)23-16-7-6-15(21)11-14(16)4/h5-8,10,12,14-15H,4,9,11,13H2,1-3H3,(H,25,32)(H2,27,29,33);6-8,11-12H,5,9-10H2,1-4H3,(H,22,27)(H2,23,25,28). The third-order valence-corrected chi connectivity index (χ3v) is 9.12. The van der Waals surface area contributed by atoms with Gasteiger partial charge in [-0.2, -0.15) is 5.10 Å². The molecule has 0 radical (unpaired) electrons. The number of imidazole rings is 2. The van der Waals surface area contributed by atoms with Crippen LogP contribution < -0.4 is 31.9 Å². The summed E-state index contributed by atoms with van der Waals surface area (Å²) in [6, 6.07) is 11.3. The summed E-state index contributed by atoms with van der Waals surface area (Å²) < 4.78 is 5.23. The number of anilines is 4. The van der Waals surface area contributed by atoms with E-state index in [-0.39, 0.29) is 29.3 Å². The van der Waals surface area contributed by atoms with Gasteiger partial charge in [0, 0.05) is 78.9 Å². The molecule has 6 N–H and O–H groups in total. The van der Waals surface area contributed by atoms with Crippen LogP contribution in [0.5, 0.6) is 0 Å². The van der Waals surface area contributed by atoms with Crippen LogP contribution in [0.4, 0.5) is 32.6 Å². The van der Waals surface area contributed by atoms with Gasteiger partial charge in [-0.05, 0) is 108 Å². The van der Waals surface area contributed by atoms with E-state index in [1.54, 1.807) is 64.1 Å². The minimum Gasteiger partial charge on any atom is -0.349 e. The lowest BCUT2D eigenvalue weighted by Crippen LogP contribution is -2.28. The molecule has 3 aromatic heterocycles.